The third kappa shape index (κ3) is 7.80. The molecule has 0 radical (unpaired) electrons. The van der Waals surface area contributed by atoms with Gasteiger partial charge in [-0.25, -0.2) is 0 Å². The zero-order valence-corrected chi connectivity index (χ0v) is 10.5. The molecule has 18 heavy (non-hydrogen) atoms. The normalized spacial score (nSPS) is 13.4. The molecule has 0 aliphatic rings. The first kappa shape index (κ1) is 16.6. The van der Waals surface area contributed by atoms with Gasteiger partial charge < -0.3 is 25.7 Å². The molecule has 7 nitrogen and oxygen atoms in total. The van der Waals surface area contributed by atoms with Crippen LogP contribution < -0.4 is 11.1 Å². The fourth-order valence-electron chi connectivity index (χ4n) is 1.02. The number of carbonyl (C=O) groups is 4. The predicted molar refractivity (Wildman–Crippen MR) is 66.2 cm³/mol. The summed E-state index contributed by atoms with van der Waals surface area (Å²) < 4.78 is 0. The van der Waals surface area contributed by atoms with Crippen molar-refractivity contribution in [1.82, 2.24) is 5.32 Å². The minimum absolute atomic E-state index is 0.165. The molecule has 0 bridgehead atoms. The average molecular weight is 276 g/mol. The maximum absolute atomic E-state index is 11.6. The first-order valence-corrected chi connectivity index (χ1v) is 6.31. The summed E-state index contributed by atoms with van der Waals surface area (Å²) in [5.41, 5.74) is 5.36. The van der Waals surface area contributed by atoms with E-state index in [0.29, 0.717) is 12.6 Å². The van der Waals surface area contributed by atoms with Gasteiger partial charge in [0.2, 0.25) is 5.91 Å². The Labute approximate surface area is 108 Å². The van der Waals surface area contributed by atoms with Crippen molar-refractivity contribution in [2.24, 2.45) is 5.73 Å². The van der Waals surface area contributed by atoms with Crippen LogP contribution in [-0.2, 0) is 19.2 Å². The molecule has 0 saturated heterocycles. The van der Waals surface area contributed by atoms with Gasteiger partial charge in [-0.2, -0.15) is 0 Å². The summed E-state index contributed by atoms with van der Waals surface area (Å²) in [4.78, 5) is 42.6. The topological polar surface area (TPSA) is 127 Å². The van der Waals surface area contributed by atoms with Crippen LogP contribution in [0, 0.1) is 0 Å². The molecule has 0 aromatic rings. The van der Waals surface area contributed by atoms with Crippen LogP contribution in [0.15, 0.2) is 0 Å². The molecule has 0 aliphatic carbocycles. The lowest BCUT2D eigenvalue weighted by Gasteiger charge is -2.15. The van der Waals surface area contributed by atoms with Crippen LogP contribution in [-0.4, -0.2) is 53.1 Å². The molecular formula is C10H16N2O5S. The third-order valence-electron chi connectivity index (χ3n) is 1.88. The van der Waals surface area contributed by atoms with E-state index in [0.717, 1.165) is 11.8 Å². The van der Waals surface area contributed by atoms with Crippen LogP contribution >= 0.6 is 11.8 Å². The van der Waals surface area contributed by atoms with Crippen molar-refractivity contribution >= 4 is 36.2 Å². The molecule has 0 aromatic heterocycles. The number of aldehydes is 2. The number of amides is 1. The van der Waals surface area contributed by atoms with Crippen molar-refractivity contribution in [3.63, 3.8) is 0 Å². The Kier molecular flexibility index (Phi) is 8.85. The molecule has 2 unspecified atom stereocenters. The molecular weight excluding hydrogens is 260 g/mol. The maximum atomic E-state index is 11.6. The predicted octanol–water partition coefficient (Wildman–Crippen LogP) is -1.21. The van der Waals surface area contributed by atoms with Crippen molar-refractivity contribution in [2.75, 3.05) is 12.3 Å². The number of rotatable bonds is 10. The van der Waals surface area contributed by atoms with E-state index in [9.17, 15) is 19.2 Å². The summed E-state index contributed by atoms with van der Waals surface area (Å²) in [6.07, 6.45) is 1.00. The van der Waals surface area contributed by atoms with Gasteiger partial charge in [-0.1, -0.05) is 0 Å². The molecule has 0 heterocycles. The van der Waals surface area contributed by atoms with E-state index in [2.05, 4.69) is 5.32 Å². The summed E-state index contributed by atoms with van der Waals surface area (Å²) in [5.74, 6) is -1.41. The number of carbonyl (C=O) groups excluding carboxylic acids is 3. The molecule has 0 fully saturated rings. The highest BCUT2D eigenvalue weighted by atomic mass is 32.2. The fourth-order valence-corrected chi connectivity index (χ4v) is 2.05. The van der Waals surface area contributed by atoms with Crippen molar-refractivity contribution in [1.29, 1.82) is 0 Å². The molecule has 0 rings (SSSR count). The van der Waals surface area contributed by atoms with Crippen molar-refractivity contribution in [3.05, 3.63) is 0 Å². The number of aliphatic carboxylic acids is 1. The molecule has 0 aliphatic heterocycles. The van der Waals surface area contributed by atoms with Gasteiger partial charge in [-0.15, -0.1) is 11.8 Å². The minimum atomic E-state index is -1.11. The number of carboxylic acid groups (broad SMARTS) is 1. The molecule has 102 valence electrons. The van der Waals surface area contributed by atoms with E-state index < -0.39 is 23.2 Å². The van der Waals surface area contributed by atoms with Gasteiger partial charge in [0, 0.05) is 18.7 Å². The zero-order valence-electron chi connectivity index (χ0n) is 9.70. The second-order valence-electron chi connectivity index (χ2n) is 3.47. The van der Waals surface area contributed by atoms with Crippen LogP contribution in [0.1, 0.15) is 12.8 Å². The SMILES string of the molecule is NC(C=O)CSC(CC(=O)O)C(=O)NCCC=O. The van der Waals surface area contributed by atoms with Gasteiger partial charge in [0.05, 0.1) is 17.7 Å². The lowest BCUT2D eigenvalue weighted by Crippen LogP contribution is -2.36. The number of nitrogens with one attached hydrogen (secondary N) is 1. The Bertz CT molecular complexity index is 311. The maximum Gasteiger partial charge on any atom is 0.305 e. The van der Waals surface area contributed by atoms with Crippen LogP contribution in [0.4, 0.5) is 0 Å². The summed E-state index contributed by atoms with van der Waals surface area (Å²) in [7, 11) is 0. The largest absolute Gasteiger partial charge is 0.481 e. The molecule has 0 saturated carbocycles. The first-order chi connectivity index (χ1) is 8.51. The summed E-state index contributed by atoms with van der Waals surface area (Å²) in [6, 6.07) is -0.728. The third-order valence-corrected chi connectivity index (χ3v) is 3.24. The lowest BCUT2D eigenvalue weighted by atomic mass is 10.3. The Hall–Kier alpha value is -1.41. The van der Waals surface area contributed by atoms with E-state index in [1.165, 1.54) is 0 Å². The fraction of sp³-hybridized carbons (Fsp3) is 0.600. The van der Waals surface area contributed by atoms with Crippen molar-refractivity contribution in [2.45, 2.75) is 24.1 Å². The number of thioether (sulfide) groups is 1. The van der Waals surface area contributed by atoms with Crippen LogP contribution in [0.25, 0.3) is 0 Å². The number of nitrogens with two attached hydrogens (primary N) is 1. The lowest BCUT2D eigenvalue weighted by molar-refractivity contribution is -0.138. The minimum Gasteiger partial charge on any atom is -0.481 e. The van der Waals surface area contributed by atoms with E-state index in [1.807, 2.05) is 0 Å². The van der Waals surface area contributed by atoms with Gasteiger partial charge in [0.25, 0.3) is 0 Å². The summed E-state index contributed by atoms with van der Waals surface area (Å²) in [6.45, 7) is 0.165. The quantitative estimate of drug-likeness (QED) is 0.337. The van der Waals surface area contributed by atoms with Gasteiger partial charge >= 0.3 is 5.97 Å². The molecule has 2 atom stereocenters. The highest BCUT2D eigenvalue weighted by Gasteiger charge is 2.22. The van der Waals surface area contributed by atoms with Gasteiger partial charge in [0.15, 0.2) is 0 Å². The van der Waals surface area contributed by atoms with E-state index in [4.69, 9.17) is 10.8 Å². The highest BCUT2D eigenvalue weighted by Crippen LogP contribution is 2.15. The number of carboxylic acids is 1. The Morgan fingerprint density at radius 1 is 1.39 bits per heavy atom. The molecule has 1 amide bonds. The Balaban J connectivity index is 4.27. The smallest absolute Gasteiger partial charge is 0.305 e. The van der Waals surface area contributed by atoms with Crippen LogP contribution in [0.5, 0.6) is 0 Å². The monoisotopic (exact) mass is 276 g/mol. The number of hydrogen-bond donors (Lipinski definition) is 3. The summed E-state index contributed by atoms with van der Waals surface area (Å²) >= 11 is 1.01. The highest BCUT2D eigenvalue weighted by molar-refractivity contribution is 8.00. The second-order valence-corrected chi connectivity index (χ2v) is 4.70. The first-order valence-electron chi connectivity index (χ1n) is 5.26. The van der Waals surface area contributed by atoms with Crippen molar-refractivity contribution < 1.29 is 24.3 Å². The molecule has 0 spiro atoms. The van der Waals surface area contributed by atoms with Gasteiger partial charge in [-0.05, 0) is 0 Å². The van der Waals surface area contributed by atoms with Crippen molar-refractivity contribution in [3.8, 4) is 0 Å². The standard InChI is InChI=1S/C10H16N2O5S/c11-7(5-14)6-18-8(4-9(15)16)10(17)12-2-1-3-13/h3,5,7-8H,1-2,4,6,11H2,(H,12,17)(H,15,16). The summed E-state index contributed by atoms with van der Waals surface area (Å²) in [5, 5.41) is 10.3. The van der Waals surface area contributed by atoms with Crippen LogP contribution in [0.3, 0.4) is 0 Å². The zero-order chi connectivity index (χ0) is 14.0. The number of hydrogen-bond acceptors (Lipinski definition) is 6. The van der Waals surface area contributed by atoms with Gasteiger partial charge in [-0.3, -0.25) is 9.59 Å². The van der Waals surface area contributed by atoms with Gasteiger partial charge in [0.1, 0.15) is 12.6 Å². The Morgan fingerprint density at radius 2 is 2.06 bits per heavy atom. The van der Waals surface area contributed by atoms with E-state index in [-0.39, 0.29) is 25.1 Å². The van der Waals surface area contributed by atoms with Crippen LogP contribution in [0.2, 0.25) is 0 Å². The Morgan fingerprint density at radius 3 is 2.56 bits per heavy atom. The second kappa shape index (κ2) is 9.60. The molecule has 4 N–H and O–H groups in total. The van der Waals surface area contributed by atoms with E-state index in [1.54, 1.807) is 0 Å². The molecule has 0 aromatic carbocycles. The average Bonchev–Trinajstić information content (AvgIpc) is 2.33. The molecule has 8 heteroatoms. The van der Waals surface area contributed by atoms with E-state index >= 15 is 0 Å².